The molecule has 0 aliphatic heterocycles. The molecule has 1 N–H and O–H groups in total. The van der Waals surface area contributed by atoms with E-state index in [2.05, 4.69) is 58.7 Å². The summed E-state index contributed by atoms with van der Waals surface area (Å²) in [6.07, 6.45) is 0. The first kappa shape index (κ1) is 10.8. The summed E-state index contributed by atoms with van der Waals surface area (Å²) < 4.78 is 1.35. The van der Waals surface area contributed by atoms with E-state index in [9.17, 15) is 0 Å². The summed E-state index contributed by atoms with van der Waals surface area (Å²) in [6.45, 7) is 2.19. The molecule has 3 aromatic rings. The Morgan fingerprint density at radius 1 is 1.12 bits per heavy atom. The molecule has 2 heterocycles. The molecule has 1 aromatic carbocycles. The fourth-order valence-corrected chi connectivity index (χ4v) is 3.44. The lowest BCUT2D eigenvalue weighted by molar-refractivity contribution is 0.891. The number of nitrogens with one attached hydrogen (secondary N) is 1. The molecule has 3 heteroatoms. The van der Waals surface area contributed by atoms with Gasteiger partial charge in [-0.2, -0.15) is 11.3 Å². The fourth-order valence-electron chi connectivity index (χ4n) is 1.91. The summed E-state index contributed by atoms with van der Waals surface area (Å²) in [5.74, 6) is 0. The Hall–Kier alpha value is -1.32. The van der Waals surface area contributed by atoms with Crippen LogP contribution in [0.25, 0.3) is 10.1 Å². The van der Waals surface area contributed by atoms with E-state index in [1.807, 2.05) is 0 Å². The van der Waals surface area contributed by atoms with Crippen molar-refractivity contribution in [1.29, 1.82) is 0 Å². The molecule has 0 radical (unpaired) electrons. The van der Waals surface area contributed by atoms with Gasteiger partial charge in [-0.3, -0.25) is 0 Å². The lowest BCUT2D eigenvalue weighted by Crippen LogP contribution is -2.04. The maximum atomic E-state index is 3.54. The molecule has 0 amide bonds. The molecule has 0 saturated carbocycles. The Balaban J connectivity index is 1.84. The minimum Gasteiger partial charge on any atom is -0.378 e. The number of anilines is 1. The van der Waals surface area contributed by atoms with Crippen molar-refractivity contribution in [3.05, 3.63) is 52.0 Å². The van der Waals surface area contributed by atoms with Crippen LogP contribution in [0.3, 0.4) is 0 Å². The first-order valence-electron chi connectivity index (χ1n) is 5.59. The van der Waals surface area contributed by atoms with Crippen molar-refractivity contribution >= 4 is 38.4 Å². The van der Waals surface area contributed by atoms with Crippen molar-refractivity contribution in [1.82, 2.24) is 0 Å². The number of hydrogen-bond acceptors (Lipinski definition) is 3. The van der Waals surface area contributed by atoms with E-state index in [0.717, 1.165) is 0 Å². The minimum atomic E-state index is 0.359. The topological polar surface area (TPSA) is 12.0 Å². The van der Waals surface area contributed by atoms with E-state index >= 15 is 0 Å². The van der Waals surface area contributed by atoms with Crippen LogP contribution in [-0.4, -0.2) is 0 Å². The molecule has 0 fully saturated rings. The Labute approximate surface area is 109 Å². The molecule has 0 bridgehead atoms. The molecule has 0 spiro atoms. The molecule has 0 aliphatic carbocycles. The Morgan fingerprint density at radius 3 is 2.88 bits per heavy atom. The number of benzene rings is 1. The Bertz CT molecular complexity index is 610. The molecule has 86 valence electrons. The predicted octanol–water partition coefficient (Wildman–Crippen LogP) is 5.14. The van der Waals surface area contributed by atoms with Crippen molar-refractivity contribution in [3.63, 3.8) is 0 Å². The van der Waals surface area contributed by atoms with E-state index in [-0.39, 0.29) is 0 Å². The van der Waals surface area contributed by atoms with Crippen LogP contribution in [-0.2, 0) is 0 Å². The van der Waals surface area contributed by atoms with Crippen LogP contribution in [0, 0.1) is 0 Å². The van der Waals surface area contributed by atoms with E-state index in [1.165, 1.54) is 21.3 Å². The van der Waals surface area contributed by atoms with Crippen LogP contribution in [0.15, 0.2) is 46.5 Å². The Kier molecular flexibility index (Phi) is 2.87. The van der Waals surface area contributed by atoms with Crippen LogP contribution in [0.2, 0.25) is 0 Å². The predicted molar refractivity (Wildman–Crippen MR) is 78.2 cm³/mol. The molecule has 1 unspecified atom stereocenters. The van der Waals surface area contributed by atoms with Gasteiger partial charge in [-0.25, -0.2) is 0 Å². The van der Waals surface area contributed by atoms with Crippen LogP contribution in [0.1, 0.15) is 18.5 Å². The average molecular weight is 259 g/mol. The van der Waals surface area contributed by atoms with Crippen molar-refractivity contribution in [3.8, 4) is 0 Å². The molecule has 1 atom stereocenters. The highest BCUT2D eigenvalue weighted by molar-refractivity contribution is 7.17. The standard InChI is InChI=1S/C14H13NS2/c1-10(12-4-6-16-9-12)15-13-2-3-14-11(8-13)5-7-17-14/h2-10,15H,1H3. The molecular formula is C14H13NS2. The van der Waals surface area contributed by atoms with Gasteiger partial charge >= 0.3 is 0 Å². The largest absolute Gasteiger partial charge is 0.378 e. The van der Waals surface area contributed by atoms with Gasteiger partial charge < -0.3 is 5.32 Å². The summed E-state index contributed by atoms with van der Waals surface area (Å²) >= 11 is 3.53. The lowest BCUT2D eigenvalue weighted by atomic mass is 10.1. The molecule has 2 aromatic heterocycles. The van der Waals surface area contributed by atoms with Crippen LogP contribution in [0.4, 0.5) is 5.69 Å². The summed E-state index contributed by atoms with van der Waals surface area (Å²) in [4.78, 5) is 0. The van der Waals surface area contributed by atoms with Gasteiger partial charge in [0.1, 0.15) is 0 Å². The van der Waals surface area contributed by atoms with Gasteiger partial charge in [0, 0.05) is 16.4 Å². The van der Waals surface area contributed by atoms with Crippen LogP contribution in [0.5, 0.6) is 0 Å². The molecule has 1 nitrogen and oxygen atoms in total. The third-order valence-electron chi connectivity index (χ3n) is 2.88. The number of rotatable bonds is 3. The van der Waals surface area contributed by atoms with E-state index < -0.39 is 0 Å². The highest BCUT2D eigenvalue weighted by Gasteiger charge is 2.05. The third kappa shape index (κ3) is 2.21. The molecule has 0 saturated heterocycles. The number of fused-ring (bicyclic) bond motifs is 1. The normalized spacial score (nSPS) is 12.8. The molecular weight excluding hydrogens is 246 g/mol. The quantitative estimate of drug-likeness (QED) is 0.687. The molecule has 17 heavy (non-hydrogen) atoms. The summed E-state index contributed by atoms with van der Waals surface area (Å²) in [5, 5.41) is 11.3. The van der Waals surface area contributed by atoms with Crippen molar-refractivity contribution in [2.24, 2.45) is 0 Å². The third-order valence-corrected chi connectivity index (χ3v) is 4.48. The van der Waals surface area contributed by atoms with E-state index in [0.29, 0.717) is 6.04 Å². The smallest absolute Gasteiger partial charge is 0.0493 e. The van der Waals surface area contributed by atoms with Crippen LogP contribution >= 0.6 is 22.7 Å². The van der Waals surface area contributed by atoms with E-state index in [1.54, 1.807) is 22.7 Å². The fraction of sp³-hybridized carbons (Fsp3) is 0.143. The van der Waals surface area contributed by atoms with Gasteiger partial charge in [-0.15, -0.1) is 11.3 Å². The van der Waals surface area contributed by atoms with Crippen LogP contribution < -0.4 is 5.32 Å². The van der Waals surface area contributed by atoms with E-state index in [4.69, 9.17) is 0 Å². The zero-order chi connectivity index (χ0) is 11.7. The van der Waals surface area contributed by atoms with Gasteiger partial charge in [0.2, 0.25) is 0 Å². The van der Waals surface area contributed by atoms with Gasteiger partial charge in [0.15, 0.2) is 0 Å². The second-order valence-corrected chi connectivity index (χ2v) is 5.82. The average Bonchev–Trinajstić information content (AvgIpc) is 2.99. The SMILES string of the molecule is CC(Nc1ccc2sccc2c1)c1ccsc1. The lowest BCUT2D eigenvalue weighted by Gasteiger charge is -2.14. The second kappa shape index (κ2) is 4.51. The van der Waals surface area contributed by atoms with Gasteiger partial charge in [-0.05, 0) is 64.3 Å². The molecule has 0 aliphatic rings. The first-order valence-corrected chi connectivity index (χ1v) is 7.41. The second-order valence-electron chi connectivity index (χ2n) is 4.10. The van der Waals surface area contributed by atoms with Gasteiger partial charge in [0.05, 0.1) is 0 Å². The maximum Gasteiger partial charge on any atom is 0.0493 e. The maximum absolute atomic E-state index is 3.54. The first-order chi connectivity index (χ1) is 8.33. The highest BCUT2D eigenvalue weighted by atomic mass is 32.1. The zero-order valence-corrected chi connectivity index (χ0v) is 11.1. The zero-order valence-electron chi connectivity index (χ0n) is 9.51. The van der Waals surface area contributed by atoms with Crippen molar-refractivity contribution in [2.45, 2.75) is 13.0 Å². The minimum absolute atomic E-state index is 0.359. The number of thiophene rings is 2. The monoisotopic (exact) mass is 259 g/mol. The van der Waals surface area contributed by atoms with Gasteiger partial charge in [-0.1, -0.05) is 0 Å². The van der Waals surface area contributed by atoms with Crippen molar-refractivity contribution < 1.29 is 0 Å². The molecule has 3 rings (SSSR count). The van der Waals surface area contributed by atoms with Gasteiger partial charge in [0.25, 0.3) is 0 Å². The highest BCUT2D eigenvalue weighted by Crippen LogP contribution is 2.26. The summed E-state index contributed by atoms with van der Waals surface area (Å²) in [6, 6.07) is 11.3. The summed E-state index contributed by atoms with van der Waals surface area (Å²) in [7, 11) is 0. The number of hydrogen-bond donors (Lipinski definition) is 1. The Morgan fingerprint density at radius 2 is 2.06 bits per heavy atom. The summed E-state index contributed by atoms with van der Waals surface area (Å²) in [5.41, 5.74) is 2.54. The van der Waals surface area contributed by atoms with Crippen molar-refractivity contribution in [2.75, 3.05) is 5.32 Å².